The number of benzene rings is 2. The SMILES string of the molecule is O=C(NCc1ccncc1)c1cnn(-c2ccccc2)c1-c1ccccc1. The van der Waals surface area contributed by atoms with E-state index in [2.05, 4.69) is 15.4 Å². The fourth-order valence-electron chi connectivity index (χ4n) is 2.93. The molecule has 2 aromatic carbocycles. The van der Waals surface area contributed by atoms with Gasteiger partial charge in [0.2, 0.25) is 0 Å². The summed E-state index contributed by atoms with van der Waals surface area (Å²) in [5, 5.41) is 7.45. The van der Waals surface area contributed by atoms with Gasteiger partial charge in [-0.1, -0.05) is 48.5 Å². The summed E-state index contributed by atoms with van der Waals surface area (Å²) in [6, 6.07) is 23.4. The highest BCUT2D eigenvalue weighted by Gasteiger charge is 2.19. The van der Waals surface area contributed by atoms with E-state index in [1.165, 1.54) is 0 Å². The fraction of sp³-hybridized carbons (Fsp3) is 0.0455. The van der Waals surface area contributed by atoms with Crippen molar-refractivity contribution in [2.45, 2.75) is 6.54 Å². The van der Waals surface area contributed by atoms with Crippen LogP contribution in [0, 0.1) is 0 Å². The van der Waals surface area contributed by atoms with Crippen molar-refractivity contribution < 1.29 is 4.79 Å². The van der Waals surface area contributed by atoms with E-state index in [9.17, 15) is 4.79 Å². The highest BCUT2D eigenvalue weighted by atomic mass is 16.1. The number of para-hydroxylation sites is 1. The standard InChI is InChI=1S/C22H18N4O/c27-22(24-15-17-11-13-23-14-12-17)20-16-25-26(19-9-5-2-6-10-19)21(20)18-7-3-1-4-8-18/h1-14,16H,15H2,(H,24,27). The van der Waals surface area contributed by atoms with Gasteiger partial charge in [-0.25, -0.2) is 4.68 Å². The number of pyridine rings is 1. The first-order chi connectivity index (χ1) is 13.3. The van der Waals surface area contributed by atoms with E-state index in [0.717, 1.165) is 22.5 Å². The van der Waals surface area contributed by atoms with E-state index in [0.29, 0.717) is 12.1 Å². The molecule has 0 aliphatic rings. The minimum atomic E-state index is -0.159. The smallest absolute Gasteiger partial charge is 0.255 e. The van der Waals surface area contributed by atoms with Crippen LogP contribution >= 0.6 is 0 Å². The van der Waals surface area contributed by atoms with E-state index in [1.54, 1.807) is 23.3 Å². The fourth-order valence-corrected chi connectivity index (χ4v) is 2.93. The van der Waals surface area contributed by atoms with Crippen LogP contribution in [-0.2, 0) is 6.54 Å². The van der Waals surface area contributed by atoms with Gasteiger partial charge in [-0.3, -0.25) is 9.78 Å². The summed E-state index contributed by atoms with van der Waals surface area (Å²) in [6.45, 7) is 0.437. The van der Waals surface area contributed by atoms with E-state index in [1.807, 2.05) is 72.8 Å². The zero-order valence-electron chi connectivity index (χ0n) is 14.6. The van der Waals surface area contributed by atoms with Crippen molar-refractivity contribution in [3.63, 3.8) is 0 Å². The second kappa shape index (κ2) is 7.66. The molecule has 1 amide bonds. The number of aromatic nitrogens is 3. The Kier molecular flexibility index (Phi) is 4.74. The first kappa shape index (κ1) is 16.7. The molecule has 5 heteroatoms. The number of rotatable bonds is 5. The van der Waals surface area contributed by atoms with Crippen molar-refractivity contribution in [1.82, 2.24) is 20.1 Å². The number of amides is 1. The summed E-state index contributed by atoms with van der Waals surface area (Å²) >= 11 is 0. The largest absolute Gasteiger partial charge is 0.348 e. The summed E-state index contributed by atoms with van der Waals surface area (Å²) in [6.07, 6.45) is 5.05. The van der Waals surface area contributed by atoms with Crippen LogP contribution in [0.2, 0.25) is 0 Å². The molecule has 4 aromatic rings. The molecule has 0 saturated heterocycles. The molecule has 0 radical (unpaired) electrons. The van der Waals surface area contributed by atoms with Crippen LogP contribution in [0.4, 0.5) is 0 Å². The van der Waals surface area contributed by atoms with Gasteiger partial charge in [0.25, 0.3) is 5.91 Å². The van der Waals surface area contributed by atoms with Crippen LogP contribution < -0.4 is 5.32 Å². The average Bonchev–Trinajstić information content (AvgIpc) is 3.19. The normalized spacial score (nSPS) is 10.5. The van der Waals surface area contributed by atoms with E-state index < -0.39 is 0 Å². The average molecular weight is 354 g/mol. The minimum absolute atomic E-state index is 0.159. The highest BCUT2D eigenvalue weighted by Crippen LogP contribution is 2.26. The molecule has 0 aliphatic carbocycles. The summed E-state index contributed by atoms with van der Waals surface area (Å²) < 4.78 is 1.80. The molecule has 0 fully saturated rings. The van der Waals surface area contributed by atoms with Gasteiger partial charge in [-0.15, -0.1) is 0 Å². The van der Waals surface area contributed by atoms with Crippen molar-refractivity contribution in [3.05, 3.63) is 103 Å². The molecule has 132 valence electrons. The Morgan fingerprint density at radius 1 is 0.889 bits per heavy atom. The van der Waals surface area contributed by atoms with Crippen molar-refractivity contribution in [2.24, 2.45) is 0 Å². The van der Waals surface area contributed by atoms with Crippen molar-refractivity contribution in [3.8, 4) is 16.9 Å². The van der Waals surface area contributed by atoms with E-state index in [4.69, 9.17) is 0 Å². The van der Waals surface area contributed by atoms with Crippen LogP contribution in [-0.4, -0.2) is 20.7 Å². The van der Waals surface area contributed by atoms with Gasteiger partial charge < -0.3 is 5.32 Å². The molecule has 5 nitrogen and oxygen atoms in total. The number of hydrogen-bond acceptors (Lipinski definition) is 3. The molecule has 0 unspecified atom stereocenters. The van der Waals surface area contributed by atoms with Gasteiger partial charge in [0, 0.05) is 24.5 Å². The first-order valence-electron chi connectivity index (χ1n) is 8.69. The molecule has 0 atom stereocenters. The molecule has 2 aromatic heterocycles. The van der Waals surface area contributed by atoms with Crippen molar-refractivity contribution in [1.29, 1.82) is 0 Å². The van der Waals surface area contributed by atoms with Gasteiger partial charge in [0.05, 0.1) is 23.1 Å². The molecule has 0 aliphatic heterocycles. The Labute approximate surface area is 157 Å². The number of hydrogen-bond donors (Lipinski definition) is 1. The molecule has 0 bridgehead atoms. The lowest BCUT2D eigenvalue weighted by Crippen LogP contribution is -2.23. The summed E-state index contributed by atoms with van der Waals surface area (Å²) in [5.41, 5.74) is 4.15. The Bertz CT molecular complexity index is 1030. The topological polar surface area (TPSA) is 59.8 Å². The number of nitrogens with zero attached hydrogens (tertiary/aromatic N) is 3. The predicted molar refractivity (Wildman–Crippen MR) is 104 cm³/mol. The molecule has 27 heavy (non-hydrogen) atoms. The Balaban J connectivity index is 1.70. The highest BCUT2D eigenvalue weighted by molar-refractivity contribution is 6.00. The van der Waals surface area contributed by atoms with Crippen LogP contribution in [0.25, 0.3) is 16.9 Å². The Morgan fingerprint density at radius 2 is 1.56 bits per heavy atom. The monoisotopic (exact) mass is 354 g/mol. The number of nitrogens with one attached hydrogen (secondary N) is 1. The van der Waals surface area contributed by atoms with Gasteiger partial charge in [-0.05, 0) is 29.8 Å². The zero-order valence-corrected chi connectivity index (χ0v) is 14.6. The second-order valence-electron chi connectivity index (χ2n) is 6.06. The maximum atomic E-state index is 12.9. The summed E-state index contributed by atoms with van der Waals surface area (Å²) in [4.78, 5) is 16.9. The molecule has 4 rings (SSSR count). The molecule has 0 saturated carbocycles. The van der Waals surface area contributed by atoms with Crippen LogP contribution in [0.3, 0.4) is 0 Å². The Morgan fingerprint density at radius 3 is 2.26 bits per heavy atom. The molecule has 2 heterocycles. The maximum Gasteiger partial charge on any atom is 0.255 e. The van der Waals surface area contributed by atoms with Gasteiger partial charge >= 0.3 is 0 Å². The third-order valence-electron chi connectivity index (χ3n) is 4.26. The van der Waals surface area contributed by atoms with Crippen LogP contribution in [0.15, 0.2) is 91.4 Å². The lowest BCUT2D eigenvalue weighted by atomic mass is 10.1. The van der Waals surface area contributed by atoms with E-state index in [-0.39, 0.29) is 5.91 Å². The minimum Gasteiger partial charge on any atom is -0.348 e. The van der Waals surface area contributed by atoms with Crippen molar-refractivity contribution in [2.75, 3.05) is 0 Å². The third kappa shape index (κ3) is 3.62. The quantitative estimate of drug-likeness (QED) is 0.592. The summed E-state index contributed by atoms with van der Waals surface area (Å²) in [7, 11) is 0. The van der Waals surface area contributed by atoms with E-state index >= 15 is 0 Å². The number of carbonyl (C=O) groups excluding carboxylic acids is 1. The van der Waals surface area contributed by atoms with Gasteiger partial charge in [0.1, 0.15) is 0 Å². The second-order valence-corrected chi connectivity index (χ2v) is 6.06. The molecule has 1 N–H and O–H groups in total. The van der Waals surface area contributed by atoms with Crippen molar-refractivity contribution >= 4 is 5.91 Å². The number of carbonyl (C=O) groups is 1. The third-order valence-corrected chi connectivity index (χ3v) is 4.26. The first-order valence-corrected chi connectivity index (χ1v) is 8.69. The maximum absolute atomic E-state index is 12.9. The lowest BCUT2D eigenvalue weighted by molar-refractivity contribution is 0.0951. The molecular formula is C22H18N4O. The zero-order chi connectivity index (χ0) is 18.5. The molecule has 0 spiro atoms. The predicted octanol–water partition coefficient (Wildman–Crippen LogP) is 3.86. The van der Waals surface area contributed by atoms with Gasteiger partial charge in [0.15, 0.2) is 0 Å². The summed E-state index contributed by atoms with van der Waals surface area (Å²) in [5.74, 6) is -0.159. The lowest BCUT2D eigenvalue weighted by Gasteiger charge is -2.10. The van der Waals surface area contributed by atoms with Crippen LogP contribution in [0.1, 0.15) is 15.9 Å². The van der Waals surface area contributed by atoms with Gasteiger partial charge in [-0.2, -0.15) is 5.10 Å². The van der Waals surface area contributed by atoms with Crippen LogP contribution in [0.5, 0.6) is 0 Å². The Hall–Kier alpha value is -3.73. The molecular weight excluding hydrogens is 336 g/mol.